The molecule has 0 aromatic heterocycles. The first-order valence-corrected chi connectivity index (χ1v) is 5.94. The minimum atomic E-state index is -4.35. The van der Waals surface area contributed by atoms with Crippen molar-refractivity contribution >= 4 is 15.9 Å². The molecule has 0 bridgehead atoms. The molecular weight excluding hydrogens is 295 g/mol. The topological polar surface area (TPSA) is 26.0 Å². The van der Waals surface area contributed by atoms with Crippen LogP contribution in [0, 0.1) is 5.41 Å². The summed E-state index contributed by atoms with van der Waals surface area (Å²) in [5, 5.41) is 0. The van der Waals surface area contributed by atoms with Gasteiger partial charge in [0.15, 0.2) is 0 Å². The fourth-order valence-electron chi connectivity index (χ4n) is 1.46. The highest BCUT2D eigenvalue weighted by Gasteiger charge is 2.32. The van der Waals surface area contributed by atoms with E-state index in [2.05, 4.69) is 15.9 Å². The Morgan fingerprint density at radius 2 is 1.65 bits per heavy atom. The second-order valence-electron chi connectivity index (χ2n) is 5.11. The molecule has 0 amide bonds. The second-order valence-corrected chi connectivity index (χ2v) is 6.03. The molecule has 2 N–H and O–H groups in total. The van der Waals surface area contributed by atoms with Crippen molar-refractivity contribution in [3.8, 4) is 0 Å². The molecule has 0 heterocycles. The van der Waals surface area contributed by atoms with Gasteiger partial charge in [-0.3, -0.25) is 0 Å². The molecule has 1 aromatic rings. The molecule has 96 valence electrons. The van der Waals surface area contributed by atoms with Crippen LogP contribution in [0.1, 0.15) is 37.9 Å². The van der Waals surface area contributed by atoms with Crippen LogP contribution in [-0.2, 0) is 6.18 Å². The lowest BCUT2D eigenvalue weighted by Crippen LogP contribution is -2.26. The third-order valence-electron chi connectivity index (χ3n) is 2.54. The maximum absolute atomic E-state index is 12.6. The van der Waals surface area contributed by atoms with Crippen molar-refractivity contribution in [3.05, 3.63) is 33.8 Å². The van der Waals surface area contributed by atoms with E-state index in [1.165, 1.54) is 0 Å². The summed E-state index contributed by atoms with van der Waals surface area (Å²) >= 11 is 3.08. The van der Waals surface area contributed by atoms with Gasteiger partial charge < -0.3 is 5.73 Å². The zero-order valence-corrected chi connectivity index (χ0v) is 11.5. The van der Waals surface area contributed by atoms with Crippen molar-refractivity contribution in [1.29, 1.82) is 0 Å². The van der Waals surface area contributed by atoms with Crippen LogP contribution in [0.3, 0.4) is 0 Å². The lowest BCUT2D eigenvalue weighted by molar-refractivity contribution is -0.137. The first-order valence-electron chi connectivity index (χ1n) is 5.15. The molecule has 1 nitrogen and oxygen atoms in total. The average Bonchev–Trinajstić information content (AvgIpc) is 2.12. The molecule has 0 fully saturated rings. The summed E-state index contributed by atoms with van der Waals surface area (Å²) in [6, 6.07) is 3.35. The third-order valence-corrected chi connectivity index (χ3v) is 3.00. The van der Waals surface area contributed by atoms with Gasteiger partial charge in [-0.25, -0.2) is 0 Å². The van der Waals surface area contributed by atoms with Crippen LogP contribution in [0.15, 0.2) is 22.7 Å². The van der Waals surface area contributed by atoms with Gasteiger partial charge in [0.1, 0.15) is 0 Å². The lowest BCUT2D eigenvalue weighted by atomic mass is 9.83. The first kappa shape index (κ1) is 14.5. The van der Waals surface area contributed by atoms with Gasteiger partial charge in [0.2, 0.25) is 0 Å². The highest BCUT2D eigenvalue weighted by molar-refractivity contribution is 9.10. The van der Waals surface area contributed by atoms with E-state index in [4.69, 9.17) is 5.73 Å². The van der Waals surface area contributed by atoms with Gasteiger partial charge in [0, 0.05) is 10.5 Å². The van der Waals surface area contributed by atoms with Crippen LogP contribution in [0.4, 0.5) is 13.2 Å². The Bertz CT molecular complexity index is 407. The van der Waals surface area contributed by atoms with Crippen LogP contribution in [0.2, 0.25) is 0 Å². The number of halogens is 4. The molecule has 5 heteroatoms. The van der Waals surface area contributed by atoms with Crippen molar-refractivity contribution in [2.24, 2.45) is 11.1 Å². The molecule has 0 spiro atoms. The van der Waals surface area contributed by atoms with Crippen LogP contribution < -0.4 is 5.73 Å². The van der Waals surface area contributed by atoms with E-state index < -0.39 is 17.8 Å². The Morgan fingerprint density at radius 3 is 2.06 bits per heavy atom. The van der Waals surface area contributed by atoms with Crippen LogP contribution in [-0.4, -0.2) is 0 Å². The van der Waals surface area contributed by atoms with Crippen LogP contribution in [0.5, 0.6) is 0 Å². The molecule has 0 saturated carbocycles. The number of nitrogens with two attached hydrogens (primary N) is 1. The number of hydrogen-bond donors (Lipinski definition) is 1. The van der Waals surface area contributed by atoms with Gasteiger partial charge in [-0.05, 0) is 29.2 Å². The highest BCUT2D eigenvalue weighted by Crippen LogP contribution is 2.36. The zero-order valence-electron chi connectivity index (χ0n) is 9.90. The van der Waals surface area contributed by atoms with E-state index in [1.807, 2.05) is 20.8 Å². The molecular formula is C12H15BrF3N. The summed E-state index contributed by atoms with van der Waals surface area (Å²) in [7, 11) is 0. The summed E-state index contributed by atoms with van der Waals surface area (Å²) in [5.41, 5.74) is 5.48. The zero-order chi connectivity index (χ0) is 13.4. The average molecular weight is 310 g/mol. The van der Waals surface area contributed by atoms with E-state index in [9.17, 15) is 13.2 Å². The van der Waals surface area contributed by atoms with E-state index in [0.29, 0.717) is 10.0 Å². The molecule has 1 rings (SSSR count). The fraction of sp³-hybridized carbons (Fsp3) is 0.500. The molecule has 0 aliphatic heterocycles. The van der Waals surface area contributed by atoms with Gasteiger partial charge in [-0.1, -0.05) is 36.7 Å². The molecule has 1 atom stereocenters. The largest absolute Gasteiger partial charge is 0.416 e. The van der Waals surface area contributed by atoms with E-state index in [-0.39, 0.29) is 5.41 Å². The SMILES string of the molecule is CC(C)(C)[C@@H](N)c1cc(Br)cc(C(F)(F)F)c1. The lowest BCUT2D eigenvalue weighted by Gasteiger charge is -2.28. The van der Waals surface area contributed by atoms with Crippen molar-refractivity contribution in [1.82, 2.24) is 0 Å². The quantitative estimate of drug-likeness (QED) is 0.811. The maximum Gasteiger partial charge on any atom is 0.416 e. The van der Waals surface area contributed by atoms with Gasteiger partial charge in [-0.2, -0.15) is 13.2 Å². The Kier molecular flexibility index (Phi) is 3.94. The minimum Gasteiger partial charge on any atom is -0.324 e. The molecule has 0 aliphatic rings. The minimum absolute atomic E-state index is 0.288. The molecule has 0 aliphatic carbocycles. The maximum atomic E-state index is 12.6. The fourth-order valence-corrected chi connectivity index (χ4v) is 1.97. The highest BCUT2D eigenvalue weighted by atomic mass is 79.9. The normalized spacial score (nSPS) is 14.8. The first-order chi connectivity index (χ1) is 7.51. The standard InChI is InChI=1S/C12H15BrF3N/c1-11(2,3)10(17)7-4-8(12(14,15)16)6-9(13)5-7/h4-6,10H,17H2,1-3H3/t10-/m0/s1. The predicted octanol–water partition coefficient (Wildman–Crippen LogP) is 4.51. The summed E-state index contributed by atoms with van der Waals surface area (Å²) in [4.78, 5) is 0. The molecule has 1 aromatic carbocycles. The Hall–Kier alpha value is -0.550. The van der Waals surface area contributed by atoms with Crippen molar-refractivity contribution in [2.45, 2.75) is 33.0 Å². The number of alkyl halides is 3. The monoisotopic (exact) mass is 309 g/mol. The van der Waals surface area contributed by atoms with Gasteiger partial charge in [0.25, 0.3) is 0 Å². The van der Waals surface area contributed by atoms with Crippen molar-refractivity contribution in [2.75, 3.05) is 0 Å². The predicted molar refractivity (Wildman–Crippen MR) is 65.5 cm³/mol. The van der Waals surface area contributed by atoms with E-state index in [0.717, 1.165) is 12.1 Å². The summed E-state index contributed by atoms with van der Waals surface area (Å²) in [6.07, 6.45) is -4.35. The second kappa shape index (κ2) is 4.61. The van der Waals surface area contributed by atoms with Gasteiger partial charge in [0.05, 0.1) is 5.56 Å². The molecule has 0 radical (unpaired) electrons. The molecule has 0 unspecified atom stereocenters. The Labute approximate surface area is 107 Å². The van der Waals surface area contributed by atoms with E-state index >= 15 is 0 Å². The molecule has 17 heavy (non-hydrogen) atoms. The Morgan fingerprint density at radius 1 is 1.12 bits per heavy atom. The summed E-state index contributed by atoms with van der Waals surface area (Å²) in [6.45, 7) is 5.68. The summed E-state index contributed by atoms with van der Waals surface area (Å²) < 4.78 is 38.3. The Balaban J connectivity index is 3.24. The van der Waals surface area contributed by atoms with Crippen molar-refractivity contribution in [3.63, 3.8) is 0 Å². The number of hydrogen-bond acceptors (Lipinski definition) is 1. The smallest absolute Gasteiger partial charge is 0.324 e. The third kappa shape index (κ3) is 3.71. The summed E-state index contributed by atoms with van der Waals surface area (Å²) in [5.74, 6) is 0. The van der Waals surface area contributed by atoms with Crippen LogP contribution in [0.25, 0.3) is 0 Å². The van der Waals surface area contributed by atoms with Crippen LogP contribution >= 0.6 is 15.9 Å². The number of rotatable bonds is 1. The van der Waals surface area contributed by atoms with Gasteiger partial charge in [-0.15, -0.1) is 0 Å². The molecule has 0 saturated heterocycles. The van der Waals surface area contributed by atoms with E-state index in [1.54, 1.807) is 6.07 Å². The van der Waals surface area contributed by atoms with Crippen molar-refractivity contribution < 1.29 is 13.2 Å². The van der Waals surface area contributed by atoms with Gasteiger partial charge >= 0.3 is 6.18 Å². The number of benzene rings is 1.